The number of rotatable bonds is 4. The lowest BCUT2D eigenvalue weighted by molar-refractivity contribution is -0.113. The molecule has 2 aromatic carbocycles. The van der Waals surface area contributed by atoms with E-state index in [1.54, 1.807) is 0 Å². The van der Waals surface area contributed by atoms with Crippen molar-refractivity contribution in [1.82, 2.24) is 9.97 Å². The highest BCUT2D eigenvalue weighted by molar-refractivity contribution is 7.99. The Bertz CT molecular complexity index is 1040. The van der Waals surface area contributed by atoms with Crippen molar-refractivity contribution < 1.29 is 4.79 Å². The fourth-order valence-corrected chi connectivity index (χ4v) is 4.27. The SMILES string of the molecule is Cc1cc(SCC(=O)Nc2nc3ccccc3s2)nc2ccccc12. The van der Waals surface area contributed by atoms with E-state index in [1.807, 2.05) is 48.5 Å². The highest BCUT2D eigenvalue weighted by Gasteiger charge is 2.09. The molecule has 0 fully saturated rings. The van der Waals surface area contributed by atoms with Crippen molar-refractivity contribution >= 4 is 55.3 Å². The first-order valence-corrected chi connectivity index (χ1v) is 9.64. The minimum atomic E-state index is -0.0725. The molecule has 4 aromatic rings. The summed E-state index contributed by atoms with van der Waals surface area (Å²) in [7, 11) is 0. The number of amides is 1. The normalized spacial score (nSPS) is 11.1. The molecule has 0 aliphatic carbocycles. The van der Waals surface area contributed by atoms with Crippen LogP contribution in [0, 0.1) is 6.92 Å². The molecule has 0 atom stereocenters. The highest BCUT2D eigenvalue weighted by atomic mass is 32.2. The van der Waals surface area contributed by atoms with E-state index in [0.29, 0.717) is 10.9 Å². The van der Waals surface area contributed by atoms with Crippen LogP contribution in [0.2, 0.25) is 0 Å². The van der Waals surface area contributed by atoms with Gasteiger partial charge in [-0.1, -0.05) is 53.4 Å². The van der Waals surface area contributed by atoms with E-state index in [4.69, 9.17) is 0 Å². The van der Waals surface area contributed by atoms with E-state index >= 15 is 0 Å². The Morgan fingerprint density at radius 3 is 2.68 bits per heavy atom. The van der Waals surface area contributed by atoms with Crippen LogP contribution in [0.15, 0.2) is 59.6 Å². The minimum absolute atomic E-state index is 0.0725. The van der Waals surface area contributed by atoms with E-state index in [9.17, 15) is 4.79 Å². The third-order valence-corrected chi connectivity index (χ3v) is 5.65. The number of hydrogen-bond donors (Lipinski definition) is 1. The molecule has 2 heterocycles. The van der Waals surface area contributed by atoms with Gasteiger partial charge in [0, 0.05) is 5.39 Å². The molecule has 1 amide bonds. The minimum Gasteiger partial charge on any atom is -0.301 e. The van der Waals surface area contributed by atoms with E-state index in [-0.39, 0.29) is 5.91 Å². The Hall–Kier alpha value is -2.44. The van der Waals surface area contributed by atoms with E-state index < -0.39 is 0 Å². The molecule has 124 valence electrons. The van der Waals surface area contributed by atoms with Crippen molar-refractivity contribution in [2.24, 2.45) is 0 Å². The number of anilines is 1. The van der Waals surface area contributed by atoms with Crippen molar-refractivity contribution in [2.45, 2.75) is 11.9 Å². The predicted molar refractivity (Wildman–Crippen MR) is 105 cm³/mol. The number of pyridine rings is 1. The number of thioether (sulfide) groups is 1. The molecule has 0 bridgehead atoms. The van der Waals surface area contributed by atoms with Crippen LogP contribution < -0.4 is 5.32 Å². The maximum absolute atomic E-state index is 12.2. The van der Waals surface area contributed by atoms with Crippen LogP contribution in [0.4, 0.5) is 5.13 Å². The fourth-order valence-electron chi connectivity index (χ4n) is 2.61. The summed E-state index contributed by atoms with van der Waals surface area (Å²) < 4.78 is 1.07. The summed E-state index contributed by atoms with van der Waals surface area (Å²) in [4.78, 5) is 21.3. The van der Waals surface area contributed by atoms with Gasteiger partial charge in [-0.25, -0.2) is 9.97 Å². The van der Waals surface area contributed by atoms with Crippen molar-refractivity contribution in [3.05, 3.63) is 60.2 Å². The second kappa shape index (κ2) is 6.82. The fraction of sp³-hybridized carbons (Fsp3) is 0.105. The third kappa shape index (κ3) is 3.50. The molecule has 4 rings (SSSR count). The molecule has 6 heteroatoms. The van der Waals surface area contributed by atoms with Crippen LogP contribution in [0.1, 0.15) is 5.56 Å². The Morgan fingerprint density at radius 1 is 1.08 bits per heavy atom. The van der Waals surface area contributed by atoms with Gasteiger partial charge in [0.05, 0.1) is 26.5 Å². The Kier molecular flexibility index (Phi) is 4.38. The number of fused-ring (bicyclic) bond motifs is 2. The van der Waals surface area contributed by atoms with E-state index in [1.165, 1.54) is 28.7 Å². The molecule has 0 aliphatic rings. The number of carbonyl (C=O) groups is 1. The second-order valence-corrected chi connectivity index (χ2v) is 7.64. The summed E-state index contributed by atoms with van der Waals surface area (Å²) in [6.07, 6.45) is 0. The Morgan fingerprint density at radius 2 is 1.84 bits per heavy atom. The van der Waals surface area contributed by atoms with Crippen LogP contribution >= 0.6 is 23.1 Å². The lowest BCUT2D eigenvalue weighted by Crippen LogP contribution is -2.13. The maximum Gasteiger partial charge on any atom is 0.236 e. The van der Waals surface area contributed by atoms with Gasteiger partial charge in [0.15, 0.2) is 5.13 Å². The zero-order chi connectivity index (χ0) is 17.2. The molecule has 4 nitrogen and oxygen atoms in total. The van der Waals surface area contributed by atoms with Gasteiger partial charge in [-0.15, -0.1) is 0 Å². The largest absolute Gasteiger partial charge is 0.301 e. The van der Waals surface area contributed by atoms with Crippen LogP contribution in [-0.4, -0.2) is 21.6 Å². The van der Waals surface area contributed by atoms with E-state index in [2.05, 4.69) is 28.3 Å². The first-order chi connectivity index (χ1) is 12.2. The standard InChI is InChI=1S/C19H15N3OS2/c1-12-10-18(20-14-7-3-2-6-13(12)14)24-11-17(23)22-19-21-15-8-4-5-9-16(15)25-19/h2-10H,11H2,1H3,(H,21,22,23). The van der Waals surface area contributed by atoms with Crippen LogP contribution in [-0.2, 0) is 4.79 Å². The third-order valence-electron chi connectivity index (χ3n) is 3.79. The monoisotopic (exact) mass is 365 g/mol. The number of thiazole rings is 1. The number of para-hydroxylation sites is 2. The summed E-state index contributed by atoms with van der Waals surface area (Å²) in [5.74, 6) is 0.234. The lowest BCUT2D eigenvalue weighted by Gasteiger charge is -2.06. The van der Waals surface area contributed by atoms with Gasteiger partial charge in [-0.2, -0.15) is 0 Å². The molecule has 0 spiro atoms. The van der Waals surface area contributed by atoms with Gasteiger partial charge >= 0.3 is 0 Å². The topological polar surface area (TPSA) is 54.9 Å². The first-order valence-electron chi connectivity index (χ1n) is 7.84. The number of nitrogens with zero attached hydrogens (tertiary/aromatic N) is 2. The van der Waals surface area contributed by atoms with Crippen molar-refractivity contribution in [1.29, 1.82) is 0 Å². The molecule has 1 N–H and O–H groups in total. The summed E-state index contributed by atoms with van der Waals surface area (Å²) in [6, 6.07) is 17.9. The van der Waals surface area contributed by atoms with Crippen LogP contribution in [0.3, 0.4) is 0 Å². The van der Waals surface area contributed by atoms with Crippen molar-refractivity contribution in [3.8, 4) is 0 Å². The smallest absolute Gasteiger partial charge is 0.236 e. The quantitative estimate of drug-likeness (QED) is 0.524. The predicted octanol–water partition coefficient (Wildman–Crippen LogP) is 4.88. The Balaban J connectivity index is 1.44. The molecule has 0 aliphatic heterocycles. The summed E-state index contributed by atoms with van der Waals surface area (Å²) in [5.41, 5.74) is 3.03. The average Bonchev–Trinajstić information content (AvgIpc) is 3.02. The van der Waals surface area contributed by atoms with Gasteiger partial charge in [0.25, 0.3) is 0 Å². The number of carbonyl (C=O) groups excluding carboxylic acids is 1. The molecular weight excluding hydrogens is 350 g/mol. The summed E-state index contributed by atoms with van der Waals surface area (Å²) in [5, 5.41) is 5.51. The van der Waals surface area contributed by atoms with Gasteiger partial charge < -0.3 is 5.32 Å². The summed E-state index contributed by atoms with van der Waals surface area (Å²) in [6.45, 7) is 2.06. The lowest BCUT2D eigenvalue weighted by atomic mass is 10.1. The highest BCUT2D eigenvalue weighted by Crippen LogP contribution is 2.26. The molecule has 0 saturated heterocycles. The number of hydrogen-bond acceptors (Lipinski definition) is 5. The second-order valence-electron chi connectivity index (χ2n) is 5.62. The zero-order valence-corrected chi connectivity index (χ0v) is 15.2. The van der Waals surface area contributed by atoms with Crippen LogP contribution in [0.25, 0.3) is 21.1 Å². The van der Waals surface area contributed by atoms with Gasteiger partial charge in [-0.3, -0.25) is 4.79 Å². The number of aryl methyl sites for hydroxylation is 1. The first kappa shape index (κ1) is 16.1. The Labute approximate surface area is 153 Å². The van der Waals surface area contributed by atoms with Gasteiger partial charge in [0.1, 0.15) is 0 Å². The molecule has 0 radical (unpaired) electrons. The number of benzene rings is 2. The molecule has 0 unspecified atom stereocenters. The van der Waals surface area contributed by atoms with Crippen LogP contribution in [0.5, 0.6) is 0 Å². The number of aromatic nitrogens is 2. The maximum atomic E-state index is 12.2. The average molecular weight is 365 g/mol. The zero-order valence-electron chi connectivity index (χ0n) is 13.5. The van der Waals surface area contributed by atoms with Gasteiger partial charge in [-0.05, 0) is 36.8 Å². The molecule has 2 aromatic heterocycles. The van der Waals surface area contributed by atoms with Crippen molar-refractivity contribution in [3.63, 3.8) is 0 Å². The molecular formula is C19H15N3OS2. The van der Waals surface area contributed by atoms with Gasteiger partial charge in [0.2, 0.25) is 5.91 Å². The molecule has 0 saturated carbocycles. The number of nitrogens with one attached hydrogen (secondary N) is 1. The summed E-state index contributed by atoms with van der Waals surface area (Å²) >= 11 is 2.92. The van der Waals surface area contributed by atoms with Crippen molar-refractivity contribution in [2.75, 3.05) is 11.1 Å². The molecule has 25 heavy (non-hydrogen) atoms. The van der Waals surface area contributed by atoms with E-state index in [0.717, 1.165) is 26.1 Å².